The van der Waals surface area contributed by atoms with Crippen molar-refractivity contribution in [1.82, 2.24) is 18.8 Å². The van der Waals surface area contributed by atoms with Crippen LogP contribution in [-0.4, -0.2) is 75.9 Å². The molecule has 3 heterocycles. The lowest BCUT2D eigenvalue weighted by molar-refractivity contribution is 0.0613. The van der Waals surface area contributed by atoms with Crippen LogP contribution < -0.4 is 10.3 Å². The van der Waals surface area contributed by atoms with E-state index in [0.717, 1.165) is 49.5 Å². The van der Waals surface area contributed by atoms with E-state index in [0.29, 0.717) is 41.5 Å². The molecule has 1 aliphatic heterocycles. The number of fused-ring (bicyclic) bond motifs is 3. The third-order valence-electron chi connectivity index (χ3n) is 6.99. The van der Waals surface area contributed by atoms with E-state index in [1.165, 1.54) is 6.07 Å². The molecule has 1 atom stereocenters. The number of aliphatic hydroxyl groups excluding tert-OH is 1. The number of benzene rings is 2. The summed E-state index contributed by atoms with van der Waals surface area (Å²) in [5.74, 6) is 0.813. The van der Waals surface area contributed by atoms with Crippen LogP contribution in [0.25, 0.3) is 16.7 Å². The molecule has 5 rings (SSSR count). The van der Waals surface area contributed by atoms with Crippen LogP contribution in [0, 0.1) is 18.3 Å². The number of ether oxygens (including phenoxy) is 1. The fourth-order valence-electron chi connectivity index (χ4n) is 5.11. The van der Waals surface area contributed by atoms with E-state index in [-0.39, 0.29) is 5.56 Å². The zero-order valence-corrected chi connectivity index (χ0v) is 21.6. The van der Waals surface area contributed by atoms with Gasteiger partial charge in [-0.25, -0.2) is 0 Å². The number of halogens is 1. The number of piperazine rings is 1. The lowest BCUT2D eigenvalue weighted by Crippen LogP contribution is -2.49. The van der Waals surface area contributed by atoms with Gasteiger partial charge in [0, 0.05) is 50.4 Å². The van der Waals surface area contributed by atoms with E-state index >= 15 is 0 Å². The molecule has 1 N–H and O–H groups in total. The summed E-state index contributed by atoms with van der Waals surface area (Å²) in [4.78, 5) is 17.5. The van der Waals surface area contributed by atoms with Crippen molar-refractivity contribution in [3.63, 3.8) is 0 Å². The van der Waals surface area contributed by atoms with Gasteiger partial charge in [0.15, 0.2) is 0 Å². The van der Waals surface area contributed by atoms with Crippen LogP contribution in [-0.2, 0) is 6.54 Å². The van der Waals surface area contributed by atoms with E-state index in [1.807, 2.05) is 53.1 Å². The molecule has 9 heteroatoms. The predicted molar refractivity (Wildman–Crippen MR) is 144 cm³/mol. The molecule has 8 nitrogen and oxygen atoms in total. The van der Waals surface area contributed by atoms with Crippen LogP contribution >= 0.6 is 11.6 Å². The Labute approximate surface area is 220 Å². The van der Waals surface area contributed by atoms with Gasteiger partial charge in [-0.2, -0.15) is 5.26 Å². The van der Waals surface area contributed by atoms with E-state index in [4.69, 9.17) is 16.3 Å². The Balaban J connectivity index is 1.22. The number of nitrogens with zero attached hydrogens (tertiary/aromatic N) is 5. The topological polar surface area (TPSA) is 86.1 Å². The third-order valence-corrected chi connectivity index (χ3v) is 7.24. The van der Waals surface area contributed by atoms with Gasteiger partial charge in [-0.15, -0.1) is 0 Å². The lowest BCUT2D eigenvalue weighted by Gasteiger charge is -2.35. The van der Waals surface area contributed by atoms with Crippen LogP contribution in [0.15, 0.2) is 59.4 Å². The van der Waals surface area contributed by atoms with Crippen molar-refractivity contribution in [3.05, 3.63) is 81.1 Å². The fourth-order valence-corrected chi connectivity index (χ4v) is 5.23. The van der Waals surface area contributed by atoms with Crippen LogP contribution in [0.5, 0.6) is 5.75 Å². The van der Waals surface area contributed by atoms with E-state index in [1.54, 1.807) is 11.3 Å². The molecule has 0 bridgehead atoms. The summed E-state index contributed by atoms with van der Waals surface area (Å²) < 4.78 is 9.31. The second-order valence-corrected chi connectivity index (χ2v) is 9.95. The average molecular weight is 520 g/mol. The number of hydrogen-bond acceptors (Lipinski definition) is 6. The number of β-amino-alcohol motifs (C(OH)–C–C–N with tert-alkyl or cyclic N) is 1. The number of pyridine rings is 1. The molecule has 0 saturated carbocycles. The molecule has 2 aromatic heterocycles. The zero-order chi connectivity index (χ0) is 25.9. The van der Waals surface area contributed by atoms with E-state index in [9.17, 15) is 15.2 Å². The molecule has 1 saturated heterocycles. The summed E-state index contributed by atoms with van der Waals surface area (Å²) in [5.41, 5.74) is 3.02. The van der Waals surface area contributed by atoms with Gasteiger partial charge in [0.2, 0.25) is 0 Å². The molecule has 192 valence electrons. The molecule has 2 aromatic carbocycles. The van der Waals surface area contributed by atoms with Gasteiger partial charge in [0.1, 0.15) is 24.1 Å². The van der Waals surface area contributed by atoms with E-state index < -0.39 is 6.10 Å². The molecule has 37 heavy (non-hydrogen) atoms. The summed E-state index contributed by atoms with van der Waals surface area (Å²) in [6.07, 6.45) is -0.651. The number of aliphatic hydroxyl groups is 1. The minimum atomic E-state index is -0.651. The highest BCUT2D eigenvalue weighted by Gasteiger charge is 2.22. The Morgan fingerprint density at radius 2 is 1.70 bits per heavy atom. The summed E-state index contributed by atoms with van der Waals surface area (Å²) >= 11 is 5.92. The number of imidazole rings is 1. The highest BCUT2D eigenvalue weighted by Crippen LogP contribution is 2.24. The van der Waals surface area contributed by atoms with E-state index in [2.05, 4.69) is 15.9 Å². The zero-order valence-electron chi connectivity index (χ0n) is 20.8. The first-order valence-corrected chi connectivity index (χ1v) is 12.9. The number of para-hydroxylation sites is 2. The highest BCUT2D eigenvalue weighted by atomic mass is 35.5. The van der Waals surface area contributed by atoms with Crippen molar-refractivity contribution in [2.45, 2.75) is 19.6 Å². The second kappa shape index (κ2) is 11.0. The number of aromatic nitrogens is 2. The summed E-state index contributed by atoms with van der Waals surface area (Å²) in [6, 6.07) is 18.7. The van der Waals surface area contributed by atoms with Gasteiger partial charge in [0.25, 0.3) is 5.56 Å². The molecular weight excluding hydrogens is 490 g/mol. The maximum atomic E-state index is 12.8. The van der Waals surface area contributed by atoms with Gasteiger partial charge in [-0.3, -0.25) is 19.0 Å². The Hall–Kier alpha value is -3.35. The molecule has 1 fully saturated rings. The summed E-state index contributed by atoms with van der Waals surface area (Å²) in [7, 11) is 0. The number of nitriles is 1. The molecular formula is C28H30ClN5O3. The predicted octanol–water partition coefficient (Wildman–Crippen LogP) is 3.15. The molecule has 0 spiro atoms. The molecule has 0 aliphatic carbocycles. The first-order chi connectivity index (χ1) is 17.9. The second-order valence-electron chi connectivity index (χ2n) is 9.51. The quantitative estimate of drug-likeness (QED) is 0.385. The fraction of sp³-hybridized carbons (Fsp3) is 0.357. The van der Waals surface area contributed by atoms with Gasteiger partial charge in [-0.05, 0) is 48.9 Å². The molecule has 1 aliphatic rings. The maximum absolute atomic E-state index is 12.8. The molecule has 4 aromatic rings. The van der Waals surface area contributed by atoms with Crippen molar-refractivity contribution in [1.29, 1.82) is 5.26 Å². The number of aryl methyl sites for hydroxylation is 1. The normalized spacial score (nSPS) is 15.7. The number of rotatable bonds is 8. The maximum Gasteiger partial charge on any atom is 0.257 e. The molecule has 0 amide bonds. The SMILES string of the molecule is Cc1cc(=O)n2c3ccccc3n(C[C@@H](O)CN3CCN(CCOc4ccc(Cl)cc4)CC3)c2c1C#N. The monoisotopic (exact) mass is 519 g/mol. The van der Waals surface area contributed by atoms with Crippen molar-refractivity contribution in [3.8, 4) is 11.8 Å². The average Bonchev–Trinajstić information content (AvgIpc) is 3.21. The van der Waals surface area contributed by atoms with Crippen molar-refractivity contribution >= 4 is 28.3 Å². The summed E-state index contributed by atoms with van der Waals surface area (Å²) in [6.45, 7) is 7.55. The van der Waals surface area contributed by atoms with Crippen LogP contribution in [0.2, 0.25) is 5.02 Å². The minimum absolute atomic E-state index is 0.174. The van der Waals surface area contributed by atoms with Crippen molar-refractivity contribution in [2.24, 2.45) is 0 Å². The van der Waals surface area contributed by atoms with Gasteiger partial charge in [-0.1, -0.05) is 23.7 Å². The van der Waals surface area contributed by atoms with Crippen molar-refractivity contribution in [2.75, 3.05) is 45.9 Å². The first-order valence-electron chi connectivity index (χ1n) is 12.5. The van der Waals surface area contributed by atoms with Gasteiger partial charge in [0.05, 0.1) is 29.2 Å². The first kappa shape index (κ1) is 25.3. The molecule has 0 unspecified atom stereocenters. The molecule has 0 radical (unpaired) electrons. The van der Waals surface area contributed by atoms with Crippen molar-refractivity contribution < 1.29 is 9.84 Å². The Bertz CT molecular complexity index is 1500. The Kier molecular flexibility index (Phi) is 7.49. The van der Waals surface area contributed by atoms with Gasteiger partial charge >= 0.3 is 0 Å². The standard InChI is InChI=1S/C28H30ClN5O3/c1-20-16-27(36)34-26-5-3-2-4-25(26)33(28(34)24(20)17-30)19-22(35)18-32-12-10-31(11-13-32)14-15-37-23-8-6-21(29)7-9-23/h2-9,16,22,35H,10-15,18-19H2,1H3/t22-/m0/s1. The largest absolute Gasteiger partial charge is 0.492 e. The Morgan fingerprint density at radius 1 is 1.03 bits per heavy atom. The van der Waals surface area contributed by atoms with Crippen LogP contribution in [0.4, 0.5) is 0 Å². The number of hydrogen-bond donors (Lipinski definition) is 1. The van der Waals surface area contributed by atoms with Gasteiger partial charge < -0.3 is 14.4 Å². The minimum Gasteiger partial charge on any atom is -0.492 e. The Morgan fingerprint density at radius 3 is 2.41 bits per heavy atom. The lowest BCUT2D eigenvalue weighted by atomic mass is 10.1. The van der Waals surface area contributed by atoms with Crippen LogP contribution in [0.1, 0.15) is 11.1 Å². The highest BCUT2D eigenvalue weighted by molar-refractivity contribution is 6.30. The third kappa shape index (κ3) is 5.36. The smallest absolute Gasteiger partial charge is 0.257 e. The van der Waals surface area contributed by atoms with Crippen LogP contribution in [0.3, 0.4) is 0 Å². The summed E-state index contributed by atoms with van der Waals surface area (Å²) in [5, 5.41) is 21.6.